The van der Waals surface area contributed by atoms with Crippen molar-refractivity contribution in [3.8, 4) is 5.75 Å². The van der Waals surface area contributed by atoms with Crippen LogP contribution in [0.3, 0.4) is 0 Å². The molecule has 0 spiro atoms. The Balaban J connectivity index is 2.30. The zero-order chi connectivity index (χ0) is 16.2. The molecule has 1 unspecified atom stereocenters. The first kappa shape index (κ1) is 16.8. The Hall–Kier alpha value is -1.54. The molecule has 1 N–H and O–H groups in total. The highest BCUT2D eigenvalue weighted by atomic mass is 16.5. The lowest BCUT2D eigenvalue weighted by Crippen LogP contribution is -2.26. The molecule has 0 aliphatic heterocycles. The van der Waals surface area contributed by atoms with Gasteiger partial charge in [0, 0.05) is 18.7 Å². The van der Waals surface area contributed by atoms with Gasteiger partial charge in [-0.1, -0.05) is 58.0 Å². The quantitative estimate of drug-likeness (QED) is 0.796. The molecule has 2 aromatic rings. The molecular formula is C20H29NO. The summed E-state index contributed by atoms with van der Waals surface area (Å²) in [6.45, 7) is 12.9. The van der Waals surface area contributed by atoms with Crippen LogP contribution in [-0.4, -0.2) is 12.6 Å². The van der Waals surface area contributed by atoms with Gasteiger partial charge in [0.15, 0.2) is 0 Å². The van der Waals surface area contributed by atoms with Crippen molar-refractivity contribution in [3.05, 3.63) is 42.0 Å². The van der Waals surface area contributed by atoms with Gasteiger partial charge < -0.3 is 10.1 Å². The fraction of sp³-hybridized carbons (Fsp3) is 0.500. The van der Waals surface area contributed by atoms with Crippen LogP contribution in [-0.2, 0) is 6.54 Å². The number of ether oxygens (including phenoxy) is 1. The Bertz CT molecular complexity index is 613. The molecule has 0 saturated heterocycles. The first-order valence-corrected chi connectivity index (χ1v) is 8.28. The smallest absolute Gasteiger partial charge is 0.124 e. The van der Waals surface area contributed by atoms with Gasteiger partial charge in [0.2, 0.25) is 0 Å². The van der Waals surface area contributed by atoms with Crippen LogP contribution in [0.5, 0.6) is 5.75 Å². The van der Waals surface area contributed by atoms with Crippen molar-refractivity contribution in [2.24, 2.45) is 5.41 Å². The summed E-state index contributed by atoms with van der Waals surface area (Å²) in [4.78, 5) is 0. The van der Waals surface area contributed by atoms with Crippen LogP contribution in [0.15, 0.2) is 36.4 Å². The maximum Gasteiger partial charge on any atom is 0.124 e. The summed E-state index contributed by atoms with van der Waals surface area (Å²) in [5, 5.41) is 6.14. The first-order chi connectivity index (χ1) is 10.4. The molecule has 0 amide bonds. The van der Waals surface area contributed by atoms with Crippen LogP contribution in [0.2, 0.25) is 0 Å². The van der Waals surface area contributed by atoms with Crippen molar-refractivity contribution in [1.82, 2.24) is 5.32 Å². The summed E-state index contributed by atoms with van der Waals surface area (Å²) in [7, 11) is 0. The minimum atomic E-state index is 0.238. The van der Waals surface area contributed by atoms with Crippen LogP contribution < -0.4 is 10.1 Å². The molecular weight excluding hydrogens is 270 g/mol. The Kier molecular flexibility index (Phi) is 5.47. The monoisotopic (exact) mass is 299 g/mol. The van der Waals surface area contributed by atoms with Gasteiger partial charge in [0.1, 0.15) is 5.75 Å². The molecule has 0 bridgehead atoms. The highest BCUT2D eigenvalue weighted by Crippen LogP contribution is 2.29. The second-order valence-corrected chi connectivity index (χ2v) is 7.26. The average Bonchev–Trinajstić information content (AvgIpc) is 2.47. The van der Waals surface area contributed by atoms with Gasteiger partial charge in [-0.15, -0.1) is 0 Å². The Morgan fingerprint density at radius 1 is 1.09 bits per heavy atom. The molecule has 0 aliphatic rings. The largest absolute Gasteiger partial charge is 0.490 e. The van der Waals surface area contributed by atoms with Crippen molar-refractivity contribution in [2.45, 2.75) is 53.7 Å². The molecule has 2 heteroatoms. The van der Waals surface area contributed by atoms with E-state index in [1.165, 1.54) is 16.3 Å². The van der Waals surface area contributed by atoms with Gasteiger partial charge in [-0.2, -0.15) is 0 Å². The highest BCUT2D eigenvalue weighted by Gasteiger charge is 2.13. The average molecular weight is 299 g/mol. The molecule has 0 saturated carbocycles. The lowest BCUT2D eigenvalue weighted by molar-refractivity contribution is 0.215. The van der Waals surface area contributed by atoms with Crippen molar-refractivity contribution in [2.75, 3.05) is 6.54 Å². The van der Waals surface area contributed by atoms with Gasteiger partial charge >= 0.3 is 0 Å². The van der Waals surface area contributed by atoms with E-state index in [-0.39, 0.29) is 11.5 Å². The third-order valence-electron chi connectivity index (χ3n) is 3.86. The summed E-state index contributed by atoms with van der Waals surface area (Å²) >= 11 is 0. The number of benzene rings is 2. The lowest BCUT2D eigenvalue weighted by atomic mass is 9.96. The van der Waals surface area contributed by atoms with E-state index < -0.39 is 0 Å². The lowest BCUT2D eigenvalue weighted by Gasteiger charge is -2.21. The van der Waals surface area contributed by atoms with Gasteiger partial charge in [-0.3, -0.25) is 0 Å². The maximum absolute atomic E-state index is 6.15. The van der Waals surface area contributed by atoms with Gasteiger partial charge in [-0.05, 0) is 35.6 Å². The van der Waals surface area contributed by atoms with Crippen molar-refractivity contribution < 1.29 is 4.74 Å². The Labute approximate surface area is 134 Å². The third kappa shape index (κ3) is 4.48. The summed E-state index contributed by atoms with van der Waals surface area (Å²) in [5.41, 5.74) is 1.55. The van der Waals surface area contributed by atoms with Crippen LogP contribution in [0.25, 0.3) is 10.8 Å². The Morgan fingerprint density at radius 3 is 2.50 bits per heavy atom. The molecule has 0 aliphatic carbocycles. The van der Waals surface area contributed by atoms with E-state index >= 15 is 0 Å². The number of hydrogen-bond acceptors (Lipinski definition) is 2. The van der Waals surface area contributed by atoms with Crippen LogP contribution in [0.1, 0.15) is 46.6 Å². The molecule has 22 heavy (non-hydrogen) atoms. The fourth-order valence-electron chi connectivity index (χ4n) is 2.47. The number of hydrogen-bond donors (Lipinski definition) is 1. The van der Waals surface area contributed by atoms with Crippen molar-refractivity contribution >= 4 is 10.8 Å². The third-order valence-corrected chi connectivity index (χ3v) is 3.86. The number of nitrogens with one attached hydrogen (secondary N) is 1. The van der Waals surface area contributed by atoms with E-state index in [0.717, 1.165) is 25.3 Å². The maximum atomic E-state index is 6.15. The molecule has 2 nitrogen and oxygen atoms in total. The van der Waals surface area contributed by atoms with Gasteiger partial charge in [0.25, 0.3) is 0 Å². The van der Waals surface area contributed by atoms with Gasteiger partial charge in [-0.25, -0.2) is 0 Å². The van der Waals surface area contributed by atoms with Crippen LogP contribution >= 0.6 is 0 Å². The summed E-state index contributed by atoms with van der Waals surface area (Å²) in [6, 6.07) is 12.8. The molecule has 0 fully saturated rings. The second-order valence-electron chi connectivity index (χ2n) is 7.26. The summed E-state index contributed by atoms with van der Waals surface area (Å²) < 4.78 is 6.15. The second kappa shape index (κ2) is 7.15. The molecule has 120 valence electrons. The minimum absolute atomic E-state index is 0.238. The zero-order valence-corrected chi connectivity index (χ0v) is 14.6. The van der Waals surface area contributed by atoms with E-state index in [2.05, 4.69) is 76.3 Å². The topological polar surface area (TPSA) is 21.3 Å². The number of rotatable bonds is 6. The van der Waals surface area contributed by atoms with Gasteiger partial charge in [0.05, 0.1) is 6.10 Å². The first-order valence-electron chi connectivity index (χ1n) is 8.28. The number of fused-ring (bicyclic) bond motifs is 1. The molecule has 0 radical (unpaired) electrons. The van der Waals surface area contributed by atoms with E-state index in [9.17, 15) is 0 Å². The molecule has 1 atom stereocenters. The van der Waals surface area contributed by atoms with E-state index in [1.807, 2.05) is 0 Å². The predicted molar refractivity (Wildman–Crippen MR) is 95.5 cm³/mol. The standard InChI is InChI=1S/C20H29NO/c1-6-15(2)22-19-12-11-16-9-7-8-10-17(16)18(19)13-21-14-20(3,4)5/h7-12,15,21H,6,13-14H2,1-5H3. The predicted octanol–water partition coefficient (Wildman–Crippen LogP) is 5.15. The SMILES string of the molecule is CCC(C)Oc1ccc2ccccc2c1CNCC(C)(C)C. The van der Waals surface area contributed by atoms with Crippen LogP contribution in [0.4, 0.5) is 0 Å². The highest BCUT2D eigenvalue weighted by molar-refractivity contribution is 5.87. The van der Waals surface area contributed by atoms with Crippen molar-refractivity contribution in [1.29, 1.82) is 0 Å². The fourth-order valence-corrected chi connectivity index (χ4v) is 2.47. The molecule has 0 aromatic heterocycles. The summed E-state index contributed by atoms with van der Waals surface area (Å²) in [5.74, 6) is 1.01. The Morgan fingerprint density at radius 2 is 1.82 bits per heavy atom. The van der Waals surface area contributed by atoms with Crippen LogP contribution in [0, 0.1) is 5.41 Å². The molecule has 0 heterocycles. The van der Waals surface area contributed by atoms with E-state index in [4.69, 9.17) is 4.74 Å². The molecule has 2 rings (SSSR count). The summed E-state index contributed by atoms with van der Waals surface area (Å²) in [6.07, 6.45) is 1.25. The minimum Gasteiger partial charge on any atom is -0.490 e. The molecule has 2 aromatic carbocycles. The van der Waals surface area contributed by atoms with E-state index in [0.29, 0.717) is 0 Å². The van der Waals surface area contributed by atoms with E-state index in [1.54, 1.807) is 0 Å². The zero-order valence-electron chi connectivity index (χ0n) is 14.6. The van der Waals surface area contributed by atoms with Crippen molar-refractivity contribution in [3.63, 3.8) is 0 Å². The normalized spacial score (nSPS) is 13.3.